The van der Waals surface area contributed by atoms with Crippen LogP contribution in [0.2, 0.25) is 0 Å². The Balaban J connectivity index is 2.01. The molecule has 0 amide bonds. The fourth-order valence-electron chi connectivity index (χ4n) is 2.92. The summed E-state index contributed by atoms with van der Waals surface area (Å²) < 4.78 is 2.26. The van der Waals surface area contributed by atoms with Gasteiger partial charge in [0.25, 0.3) is 0 Å². The van der Waals surface area contributed by atoms with E-state index in [4.69, 9.17) is 5.11 Å². The summed E-state index contributed by atoms with van der Waals surface area (Å²) in [5.74, 6) is 0. The van der Waals surface area contributed by atoms with E-state index in [0.717, 1.165) is 0 Å². The number of fused-ring (bicyclic) bond motifs is 2. The van der Waals surface area contributed by atoms with Gasteiger partial charge in [-0.05, 0) is 24.9 Å². The molecule has 2 aliphatic rings. The molecule has 2 atom stereocenters. The van der Waals surface area contributed by atoms with Crippen molar-refractivity contribution < 1.29 is 4.70 Å². The summed E-state index contributed by atoms with van der Waals surface area (Å²) in [6, 6.07) is 11.2. The highest BCUT2D eigenvalue weighted by Crippen LogP contribution is 2.41. The molecule has 0 radical (unpaired) electrons. The fraction of sp³-hybridized carbons (Fsp3) is 0.538. The monoisotopic (exact) mass is 201 g/mol. The number of azo groups is 2. The first-order valence-electron chi connectivity index (χ1n) is 5.84. The van der Waals surface area contributed by atoms with Crippen LogP contribution >= 0.6 is 0 Å². The summed E-state index contributed by atoms with van der Waals surface area (Å²) in [5.41, 5.74) is 1.48. The number of nitrogens with zero attached hydrogens (tertiary/aromatic N) is 2. The molecule has 1 heterocycles. The molecule has 0 unspecified atom stereocenters. The van der Waals surface area contributed by atoms with Gasteiger partial charge in [0.2, 0.25) is 5.69 Å². The third kappa shape index (κ3) is 1.48. The Morgan fingerprint density at radius 2 is 2.13 bits per heavy atom. The standard InChI is InChI=1S/C13H17N2/c1-13-9-5-8-12(10-13)15(14-13)11-6-3-2-4-7-11/h2-4,6-7,12H,5,8-10H2,1H3/q+1/t12-,13+/m1/s1. The molecule has 0 saturated heterocycles. The first-order chi connectivity index (χ1) is 7.27. The second-order valence-electron chi connectivity index (χ2n) is 5.03. The smallest absolute Gasteiger partial charge is 0.0858 e. The summed E-state index contributed by atoms with van der Waals surface area (Å²) >= 11 is 0. The molecule has 1 aromatic rings. The summed E-state index contributed by atoms with van der Waals surface area (Å²) in [7, 11) is 0. The van der Waals surface area contributed by atoms with E-state index in [2.05, 4.69) is 42.0 Å². The van der Waals surface area contributed by atoms with Gasteiger partial charge in [0.1, 0.15) is 5.54 Å². The van der Waals surface area contributed by atoms with Gasteiger partial charge in [-0.1, -0.05) is 22.9 Å². The Morgan fingerprint density at radius 1 is 1.33 bits per heavy atom. The number of hydrogen-bond acceptors (Lipinski definition) is 1. The quantitative estimate of drug-likeness (QED) is 0.618. The molecular formula is C13H17N2+. The van der Waals surface area contributed by atoms with Crippen LogP contribution < -0.4 is 0 Å². The second kappa shape index (κ2) is 3.16. The van der Waals surface area contributed by atoms with Crippen LogP contribution in [0.1, 0.15) is 32.6 Å². The van der Waals surface area contributed by atoms with E-state index < -0.39 is 0 Å². The summed E-state index contributed by atoms with van der Waals surface area (Å²) in [4.78, 5) is 0. The lowest BCUT2D eigenvalue weighted by Gasteiger charge is -2.20. The Morgan fingerprint density at radius 3 is 2.87 bits per heavy atom. The van der Waals surface area contributed by atoms with Gasteiger partial charge in [-0.3, -0.25) is 0 Å². The topological polar surface area (TPSA) is 15.4 Å². The van der Waals surface area contributed by atoms with Crippen molar-refractivity contribution in [3.05, 3.63) is 30.3 Å². The number of benzene rings is 1. The van der Waals surface area contributed by atoms with Crippen LogP contribution in [-0.2, 0) is 0 Å². The van der Waals surface area contributed by atoms with Gasteiger partial charge in [-0.15, -0.1) is 0 Å². The molecule has 78 valence electrons. The molecule has 2 nitrogen and oxygen atoms in total. The molecular weight excluding hydrogens is 184 g/mol. The zero-order chi connectivity index (χ0) is 10.3. The maximum atomic E-state index is 4.89. The van der Waals surface area contributed by atoms with Gasteiger partial charge in [0.15, 0.2) is 6.04 Å². The van der Waals surface area contributed by atoms with Crippen LogP contribution in [0.4, 0.5) is 5.69 Å². The van der Waals surface area contributed by atoms with E-state index in [0.29, 0.717) is 6.04 Å². The van der Waals surface area contributed by atoms with Crippen LogP contribution in [0, 0.1) is 0 Å². The van der Waals surface area contributed by atoms with Crippen molar-refractivity contribution in [2.75, 3.05) is 0 Å². The van der Waals surface area contributed by atoms with Crippen LogP contribution in [0.5, 0.6) is 0 Å². The minimum Gasteiger partial charge on any atom is -0.0858 e. The van der Waals surface area contributed by atoms with Crippen molar-refractivity contribution in [1.82, 2.24) is 0 Å². The first kappa shape index (κ1) is 9.08. The minimum absolute atomic E-state index is 0.221. The van der Waals surface area contributed by atoms with Crippen LogP contribution in [0.15, 0.2) is 35.4 Å². The summed E-state index contributed by atoms with van der Waals surface area (Å²) in [5, 5.41) is 4.89. The van der Waals surface area contributed by atoms with Crippen LogP contribution in [0.25, 0.3) is 0 Å². The highest BCUT2D eigenvalue weighted by atomic mass is 15.4. The van der Waals surface area contributed by atoms with Gasteiger partial charge in [0, 0.05) is 25.0 Å². The van der Waals surface area contributed by atoms with Crippen molar-refractivity contribution in [3.8, 4) is 0 Å². The van der Waals surface area contributed by atoms with E-state index in [9.17, 15) is 0 Å². The zero-order valence-electron chi connectivity index (χ0n) is 9.19. The van der Waals surface area contributed by atoms with E-state index in [-0.39, 0.29) is 5.54 Å². The lowest BCUT2D eigenvalue weighted by molar-refractivity contribution is -0.537. The number of hydrogen-bond donors (Lipinski definition) is 0. The van der Waals surface area contributed by atoms with Crippen molar-refractivity contribution >= 4 is 5.69 Å². The molecule has 0 N–H and O–H groups in total. The van der Waals surface area contributed by atoms with Gasteiger partial charge in [-0.2, -0.15) is 0 Å². The van der Waals surface area contributed by atoms with Gasteiger partial charge < -0.3 is 0 Å². The Kier molecular flexibility index (Phi) is 1.91. The SMILES string of the molecule is C[C@]12CCC[C@H](C1)[N+](c1ccccc1)=N2. The predicted molar refractivity (Wildman–Crippen MR) is 59.5 cm³/mol. The van der Waals surface area contributed by atoms with Crippen LogP contribution in [0.3, 0.4) is 0 Å². The highest BCUT2D eigenvalue weighted by molar-refractivity contribution is 5.28. The normalized spacial score (nSPS) is 33.9. The predicted octanol–water partition coefficient (Wildman–Crippen LogP) is 3.50. The average molecular weight is 201 g/mol. The maximum Gasteiger partial charge on any atom is 0.231 e. The minimum atomic E-state index is 0.221. The molecule has 15 heavy (non-hydrogen) atoms. The number of rotatable bonds is 1. The molecule has 1 aliphatic carbocycles. The van der Waals surface area contributed by atoms with Crippen molar-refractivity contribution in [2.45, 2.75) is 44.2 Å². The molecule has 1 aliphatic heterocycles. The Labute approximate surface area is 90.6 Å². The van der Waals surface area contributed by atoms with E-state index >= 15 is 0 Å². The molecule has 1 fully saturated rings. The molecule has 1 saturated carbocycles. The zero-order valence-corrected chi connectivity index (χ0v) is 9.19. The van der Waals surface area contributed by atoms with Crippen molar-refractivity contribution in [1.29, 1.82) is 0 Å². The fourth-order valence-corrected chi connectivity index (χ4v) is 2.92. The van der Waals surface area contributed by atoms with Gasteiger partial charge >= 0.3 is 0 Å². The van der Waals surface area contributed by atoms with Crippen molar-refractivity contribution in [3.63, 3.8) is 0 Å². The van der Waals surface area contributed by atoms with E-state index in [1.807, 2.05) is 0 Å². The highest BCUT2D eigenvalue weighted by Gasteiger charge is 2.47. The lowest BCUT2D eigenvalue weighted by Crippen LogP contribution is -2.27. The molecule has 3 rings (SSSR count). The largest absolute Gasteiger partial charge is 0.231 e. The molecule has 0 spiro atoms. The first-order valence-corrected chi connectivity index (χ1v) is 5.84. The molecule has 1 aromatic carbocycles. The summed E-state index contributed by atoms with van der Waals surface area (Å²) in [6.45, 7) is 2.29. The number of para-hydroxylation sites is 1. The lowest BCUT2D eigenvalue weighted by atomic mass is 9.83. The Hall–Kier alpha value is -1.18. The summed E-state index contributed by atoms with van der Waals surface area (Å²) in [6.07, 6.45) is 5.12. The Bertz CT molecular complexity index is 396. The van der Waals surface area contributed by atoms with Gasteiger partial charge in [0.05, 0.1) is 0 Å². The third-order valence-electron chi connectivity index (χ3n) is 3.64. The molecule has 0 aromatic heterocycles. The second-order valence-corrected chi connectivity index (χ2v) is 5.03. The molecule has 2 heteroatoms. The van der Waals surface area contributed by atoms with Gasteiger partial charge in [-0.25, -0.2) is 0 Å². The molecule has 2 bridgehead atoms. The van der Waals surface area contributed by atoms with E-state index in [1.165, 1.54) is 31.4 Å². The third-order valence-corrected chi connectivity index (χ3v) is 3.64. The van der Waals surface area contributed by atoms with Crippen molar-refractivity contribution in [2.24, 2.45) is 5.11 Å². The average Bonchev–Trinajstić information content (AvgIpc) is 2.50. The maximum absolute atomic E-state index is 4.89. The van der Waals surface area contributed by atoms with Crippen LogP contribution in [-0.4, -0.2) is 16.3 Å². The van der Waals surface area contributed by atoms with E-state index in [1.54, 1.807) is 0 Å².